The van der Waals surface area contributed by atoms with Crippen molar-refractivity contribution in [3.63, 3.8) is 0 Å². The lowest BCUT2D eigenvalue weighted by molar-refractivity contribution is 0.0682. The van der Waals surface area contributed by atoms with E-state index in [0.29, 0.717) is 39.4 Å². The van der Waals surface area contributed by atoms with E-state index in [0.717, 1.165) is 10.8 Å². The molecule has 4 aromatic carbocycles. The van der Waals surface area contributed by atoms with Crippen molar-refractivity contribution in [2.24, 2.45) is 0 Å². The molecule has 0 saturated heterocycles. The van der Waals surface area contributed by atoms with E-state index < -0.39 is 17.4 Å². The Labute approximate surface area is 327 Å². The van der Waals surface area contributed by atoms with Crippen LogP contribution < -0.4 is 20.8 Å². The van der Waals surface area contributed by atoms with Crippen molar-refractivity contribution in [2.75, 3.05) is 17.7 Å². The number of nitrogens with one attached hydrogen (secondary N) is 2. The minimum atomic E-state index is -1.33. The van der Waals surface area contributed by atoms with Crippen molar-refractivity contribution in [1.29, 1.82) is 0 Å². The summed E-state index contributed by atoms with van der Waals surface area (Å²) < 4.78 is 12.0. The van der Waals surface area contributed by atoms with Crippen LogP contribution in [-0.4, -0.2) is 49.4 Å². The molecule has 284 valence electrons. The molecule has 0 spiro atoms. The molecule has 57 heavy (non-hydrogen) atoms. The van der Waals surface area contributed by atoms with E-state index in [1.807, 2.05) is 42.5 Å². The summed E-state index contributed by atoms with van der Waals surface area (Å²) in [5.41, 5.74) is 2.62. The van der Waals surface area contributed by atoms with Crippen LogP contribution in [0, 0.1) is 0 Å². The molecule has 0 bridgehead atoms. The maximum absolute atomic E-state index is 14.0. The predicted octanol–water partition coefficient (Wildman–Crippen LogP) is 8.14. The summed E-state index contributed by atoms with van der Waals surface area (Å²) in [4.78, 5) is 48.1. The minimum Gasteiger partial charge on any atom is -0.507 e. The van der Waals surface area contributed by atoms with Crippen LogP contribution in [-0.2, 0) is 19.7 Å². The third-order valence-corrected chi connectivity index (χ3v) is 10.1. The molecule has 8 rings (SSSR count). The van der Waals surface area contributed by atoms with Gasteiger partial charge in [0, 0.05) is 46.4 Å². The highest BCUT2D eigenvalue weighted by Crippen LogP contribution is 2.46. The largest absolute Gasteiger partial charge is 0.507 e. The number of hydrogen-bond donors (Lipinski definition) is 6. The van der Waals surface area contributed by atoms with Crippen molar-refractivity contribution < 1.29 is 39.2 Å². The lowest BCUT2D eigenvalue weighted by atomic mass is 9.87. The molecule has 3 heterocycles. The maximum atomic E-state index is 14.0. The average molecular weight is 783 g/mol. The molecule has 0 saturated carbocycles. The Hall–Kier alpha value is -7.22. The van der Waals surface area contributed by atoms with Gasteiger partial charge in [0.25, 0.3) is 0 Å². The smallest absolute Gasteiger partial charge is 0.336 e. The number of methoxy groups -OCH3 is 1. The second kappa shape index (κ2) is 14.8. The van der Waals surface area contributed by atoms with Gasteiger partial charge in [0.1, 0.15) is 17.1 Å². The van der Waals surface area contributed by atoms with E-state index in [1.54, 1.807) is 18.2 Å². The Bertz CT molecular complexity index is 2970. The quantitative estimate of drug-likeness (QED) is 0.0687. The van der Waals surface area contributed by atoms with Gasteiger partial charge in [-0.1, -0.05) is 41.9 Å². The van der Waals surface area contributed by atoms with Crippen molar-refractivity contribution >= 4 is 67.7 Å². The molecule has 0 radical (unpaired) electrons. The number of pyridine rings is 2. The first-order chi connectivity index (χ1) is 27.6. The van der Waals surface area contributed by atoms with Crippen LogP contribution in [0.2, 0.25) is 5.02 Å². The van der Waals surface area contributed by atoms with Crippen LogP contribution in [0.4, 0.5) is 11.4 Å². The number of aromatic nitrogens is 2. The molecule has 6 aromatic rings. The Morgan fingerprint density at radius 1 is 0.789 bits per heavy atom. The van der Waals surface area contributed by atoms with Gasteiger partial charge in [0.2, 0.25) is 11.3 Å². The molecule has 6 N–H and O–H groups in total. The van der Waals surface area contributed by atoms with Crippen LogP contribution in [0.3, 0.4) is 0 Å². The topological polar surface area (TPSA) is 204 Å². The number of phenols is 1. The number of aromatic carboxylic acids is 2. The van der Waals surface area contributed by atoms with Crippen LogP contribution in [0.5, 0.6) is 11.6 Å². The van der Waals surface area contributed by atoms with Gasteiger partial charge in [-0.2, -0.15) is 0 Å². The number of carboxylic acids is 2. The van der Waals surface area contributed by atoms with Crippen LogP contribution in [0.25, 0.3) is 55.2 Å². The summed E-state index contributed by atoms with van der Waals surface area (Å²) in [5, 5.41) is 49.8. The highest BCUT2D eigenvalue weighted by atomic mass is 35.5. The summed E-state index contributed by atoms with van der Waals surface area (Å²) in [7, 11) is 1.51. The molecule has 0 fully saturated rings. The van der Waals surface area contributed by atoms with Gasteiger partial charge >= 0.3 is 11.9 Å². The maximum Gasteiger partial charge on any atom is 0.336 e. The number of phenolic OH excluding ortho intramolecular Hbond substituents is 1. The second-order valence-corrected chi connectivity index (χ2v) is 13.5. The molecule has 0 unspecified atom stereocenters. The van der Waals surface area contributed by atoms with Crippen LogP contribution in [0.1, 0.15) is 37.5 Å². The van der Waals surface area contributed by atoms with E-state index in [1.165, 1.54) is 43.5 Å². The molecular weight excluding hydrogens is 752 g/mol. The molecule has 0 atom stereocenters. The van der Waals surface area contributed by atoms with E-state index in [9.17, 15) is 34.8 Å². The van der Waals surface area contributed by atoms with Gasteiger partial charge in [-0.3, -0.25) is 4.79 Å². The normalized spacial score (nSPS) is 11.4. The molecule has 1 aliphatic heterocycles. The van der Waals surface area contributed by atoms with Gasteiger partial charge in [-0.05, 0) is 66.2 Å². The third-order valence-electron chi connectivity index (χ3n) is 9.78. The zero-order valence-electron chi connectivity index (χ0n) is 30.0. The van der Waals surface area contributed by atoms with Gasteiger partial charge < -0.3 is 40.2 Å². The summed E-state index contributed by atoms with van der Waals surface area (Å²) in [5.74, 6) is -2.38. The fourth-order valence-corrected chi connectivity index (χ4v) is 7.23. The van der Waals surface area contributed by atoms with Crippen LogP contribution >= 0.6 is 11.6 Å². The van der Waals surface area contributed by atoms with Gasteiger partial charge in [0.05, 0.1) is 69.1 Å². The predicted molar refractivity (Wildman–Crippen MR) is 216 cm³/mol. The summed E-state index contributed by atoms with van der Waals surface area (Å²) in [6.07, 6.45) is 0. The lowest BCUT2D eigenvalue weighted by Crippen LogP contribution is -2.17. The summed E-state index contributed by atoms with van der Waals surface area (Å²) >= 11 is 6.65. The number of aliphatic hydroxyl groups is 1. The minimum absolute atomic E-state index is 0.0177. The third kappa shape index (κ3) is 6.64. The van der Waals surface area contributed by atoms with Crippen molar-refractivity contribution in [3.05, 3.63) is 140 Å². The Morgan fingerprint density at radius 2 is 1.47 bits per heavy atom. The highest BCUT2D eigenvalue weighted by molar-refractivity contribution is 6.31. The first-order valence-electron chi connectivity index (χ1n) is 17.5. The van der Waals surface area contributed by atoms with E-state index in [2.05, 4.69) is 20.6 Å². The molecule has 2 aromatic heterocycles. The average Bonchev–Trinajstić information content (AvgIpc) is 3.22. The number of fused-ring (bicyclic) bond motifs is 4. The number of nitrogens with zero attached hydrogens (tertiary/aromatic N) is 2. The number of aliphatic hydroxyl groups excluding tert-OH is 1. The van der Waals surface area contributed by atoms with E-state index in [-0.39, 0.29) is 80.8 Å². The van der Waals surface area contributed by atoms with Gasteiger partial charge in [0.15, 0.2) is 0 Å². The fraction of sp³-hybridized carbons (Fsp3) is 0.0930. The first-order valence-corrected chi connectivity index (χ1v) is 17.9. The number of para-hydroxylation sites is 2. The molecule has 1 aliphatic carbocycles. The summed E-state index contributed by atoms with van der Waals surface area (Å²) in [6, 6.07) is 26.1. The van der Waals surface area contributed by atoms with Crippen molar-refractivity contribution in [2.45, 2.75) is 19.7 Å². The van der Waals surface area contributed by atoms with Crippen molar-refractivity contribution in [1.82, 2.24) is 9.97 Å². The zero-order valence-corrected chi connectivity index (χ0v) is 30.7. The number of ether oxygens (including phenoxy) is 1. The Kier molecular flexibility index (Phi) is 9.53. The van der Waals surface area contributed by atoms with Gasteiger partial charge in [-0.15, -0.1) is 0 Å². The van der Waals surface area contributed by atoms with E-state index in [4.69, 9.17) is 20.8 Å². The number of hydrogen-bond acceptors (Lipinski definition) is 11. The number of anilines is 2. The van der Waals surface area contributed by atoms with Crippen LogP contribution in [0.15, 0.2) is 106 Å². The summed E-state index contributed by atoms with van der Waals surface area (Å²) in [6.45, 7) is -0.457. The SMILES string of the molecule is COc1ccc2cccc(NCc3c(O)ccc4c(-c5cc(C(=O)O)ccc5C(=O)O)c5cc(Cl)c(=O)c(CNc6cccc7ccc(CO)nc67)c-5oc34)c2n1. The standard InChI is InChI=1S/C43H31ClN4O9/c1-56-35-15-10-22-5-3-7-33(38(22)48-35)45-18-29-34(50)14-13-26-36(27-16-23(42(52)53)9-12-25(27)43(54)55)28-17-31(44)39(51)30(41(28)57-40(26)29)19-46-32-6-2-4-21-8-11-24(20-49)47-37(21)32/h2-17,45-46,49-50H,18-20H2,1H3,(H,52,53)(H,54,55). The number of carbonyl (C=O) groups is 2. The molecule has 14 heteroatoms. The number of benzene rings is 5. The molecule has 2 aliphatic rings. The van der Waals surface area contributed by atoms with E-state index >= 15 is 0 Å². The van der Waals surface area contributed by atoms with Crippen molar-refractivity contribution in [3.8, 4) is 34.1 Å². The highest BCUT2D eigenvalue weighted by Gasteiger charge is 2.29. The molecule has 0 amide bonds. The molecular formula is C43H31ClN4O9. The first kappa shape index (κ1) is 36.7. The number of halogens is 1. The number of aromatic hydroxyl groups is 1. The van der Waals surface area contributed by atoms with Gasteiger partial charge in [-0.25, -0.2) is 19.6 Å². The Balaban J connectivity index is 1.37. The fourth-order valence-electron chi connectivity index (χ4n) is 7.01. The zero-order chi connectivity index (χ0) is 40.0. The lowest BCUT2D eigenvalue weighted by Gasteiger charge is -2.22. The monoisotopic (exact) mass is 782 g/mol. The number of carboxylic acid groups (broad SMARTS) is 2. The Morgan fingerprint density at radius 3 is 2.14 bits per heavy atom. The second-order valence-electron chi connectivity index (χ2n) is 13.1. The molecule has 13 nitrogen and oxygen atoms in total. The number of rotatable bonds is 11.